The Morgan fingerprint density at radius 3 is 2.44 bits per heavy atom. The standard InChI is InChI=1S/C9H14F3N3S/c1-13-4-6-8(9(10,11)12)14-7(16-6)5-15(2)3/h13H,4-5H2,1-3H3. The van der Waals surface area contributed by atoms with Crippen LogP contribution in [-0.2, 0) is 19.3 Å². The van der Waals surface area contributed by atoms with Crippen LogP contribution in [0.2, 0.25) is 0 Å². The Morgan fingerprint density at radius 1 is 1.38 bits per heavy atom. The molecule has 0 saturated carbocycles. The number of thiazole rings is 1. The highest BCUT2D eigenvalue weighted by atomic mass is 32.1. The molecule has 7 heteroatoms. The Hall–Kier alpha value is -0.660. The fourth-order valence-corrected chi connectivity index (χ4v) is 2.46. The van der Waals surface area contributed by atoms with Crippen LogP contribution in [0.25, 0.3) is 0 Å². The first-order valence-electron chi connectivity index (χ1n) is 4.69. The van der Waals surface area contributed by atoms with Crippen LogP contribution in [-0.4, -0.2) is 31.0 Å². The van der Waals surface area contributed by atoms with Crippen LogP contribution in [0.15, 0.2) is 0 Å². The lowest BCUT2D eigenvalue weighted by Gasteiger charge is -2.05. The monoisotopic (exact) mass is 253 g/mol. The molecule has 0 atom stereocenters. The zero-order valence-electron chi connectivity index (χ0n) is 9.35. The van der Waals surface area contributed by atoms with Gasteiger partial charge in [-0.2, -0.15) is 13.2 Å². The van der Waals surface area contributed by atoms with Gasteiger partial charge >= 0.3 is 6.18 Å². The van der Waals surface area contributed by atoms with Gasteiger partial charge < -0.3 is 10.2 Å². The molecule has 0 aliphatic carbocycles. The van der Waals surface area contributed by atoms with Crippen LogP contribution in [0.4, 0.5) is 13.2 Å². The number of hydrogen-bond acceptors (Lipinski definition) is 4. The number of halogens is 3. The Morgan fingerprint density at radius 2 is 2.00 bits per heavy atom. The largest absolute Gasteiger partial charge is 0.434 e. The van der Waals surface area contributed by atoms with Gasteiger partial charge in [0.2, 0.25) is 0 Å². The van der Waals surface area contributed by atoms with E-state index >= 15 is 0 Å². The molecule has 3 nitrogen and oxygen atoms in total. The molecule has 1 aromatic heterocycles. The number of nitrogens with zero attached hydrogens (tertiary/aromatic N) is 2. The third-order valence-electron chi connectivity index (χ3n) is 1.80. The van der Waals surface area contributed by atoms with Gasteiger partial charge in [-0.3, -0.25) is 0 Å². The molecule has 0 radical (unpaired) electrons. The third-order valence-corrected chi connectivity index (χ3v) is 2.84. The molecule has 16 heavy (non-hydrogen) atoms. The van der Waals surface area contributed by atoms with E-state index in [9.17, 15) is 13.2 Å². The minimum atomic E-state index is -4.37. The molecular formula is C9H14F3N3S. The zero-order chi connectivity index (χ0) is 12.3. The molecule has 0 bridgehead atoms. The van der Waals surface area contributed by atoms with E-state index in [-0.39, 0.29) is 11.4 Å². The van der Waals surface area contributed by atoms with Crippen LogP contribution in [0.3, 0.4) is 0 Å². The van der Waals surface area contributed by atoms with Crippen LogP contribution >= 0.6 is 11.3 Å². The van der Waals surface area contributed by atoms with Crippen LogP contribution in [0.1, 0.15) is 15.6 Å². The molecule has 0 aliphatic heterocycles. The second-order valence-corrected chi connectivity index (χ2v) is 4.81. The van der Waals surface area contributed by atoms with Crippen molar-refractivity contribution in [2.45, 2.75) is 19.3 Å². The smallest absolute Gasteiger partial charge is 0.315 e. The van der Waals surface area contributed by atoms with Crippen LogP contribution < -0.4 is 5.32 Å². The molecule has 0 aromatic carbocycles. The number of nitrogens with one attached hydrogen (secondary N) is 1. The van der Waals surface area contributed by atoms with Crippen molar-refractivity contribution in [2.24, 2.45) is 0 Å². The normalized spacial score (nSPS) is 12.4. The van der Waals surface area contributed by atoms with E-state index in [1.807, 2.05) is 0 Å². The molecule has 0 unspecified atom stereocenters. The minimum Gasteiger partial charge on any atom is -0.315 e. The second kappa shape index (κ2) is 5.11. The Balaban J connectivity index is 3.00. The van der Waals surface area contributed by atoms with E-state index < -0.39 is 11.9 Å². The first-order valence-corrected chi connectivity index (χ1v) is 5.51. The number of rotatable bonds is 4. The quantitative estimate of drug-likeness (QED) is 0.889. The molecule has 0 aliphatic rings. The van der Waals surface area contributed by atoms with Crippen LogP contribution in [0.5, 0.6) is 0 Å². The van der Waals surface area contributed by atoms with E-state index in [2.05, 4.69) is 10.3 Å². The summed E-state index contributed by atoms with van der Waals surface area (Å²) >= 11 is 1.10. The number of hydrogen-bond donors (Lipinski definition) is 1. The van der Waals surface area contributed by atoms with E-state index in [4.69, 9.17) is 0 Å². The summed E-state index contributed by atoms with van der Waals surface area (Å²) in [5.74, 6) is 0. The molecular weight excluding hydrogens is 239 g/mol. The van der Waals surface area contributed by atoms with Crippen molar-refractivity contribution >= 4 is 11.3 Å². The molecule has 92 valence electrons. The molecule has 1 heterocycles. The number of alkyl halides is 3. The summed E-state index contributed by atoms with van der Waals surface area (Å²) in [7, 11) is 5.21. The highest BCUT2D eigenvalue weighted by Gasteiger charge is 2.37. The van der Waals surface area contributed by atoms with Crippen molar-refractivity contribution in [1.29, 1.82) is 0 Å². The molecule has 1 rings (SSSR count). The summed E-state index contributed by atoms with van der Waals surface area (Å²) < 4.78 is 37.9. The average molecular weight is 253 g/mol. The fraction of sp³-hybridized carbons (Fsp3) is 0.667. The first-order chi connectivity index (χ1) is 7.34. The third kappa shape index (κ3) is 3.43. The van der Waals surface area contributed by atoms with E-state index in [0.29, 0.717) is 11.6 Å². The Bertz CT molecular complexity index is 346. The minimum absolute atomic E-state index is 0.194. The van der Waals surface area contributed by atoms with Crippen molar-refractivity contribution in [1.82, 2.24) is 15.2 Å². The van der Waals surface area contributed by atoms with Gasteiger partial charge in [0.15, 0.2) is 5.69 Å². The molecule has 0 amide bonds. The van der Waals surface area contributed by atoms with E-state index in [0.717, 1.165) is 11.3 Å². The maximum Gasteiger partial charge on any atom is 0.434 e. The van der Waals surface area contributed by atoms with E-state index in [1.165, 1.54) is 0 Å². The van der Waals surface area contributed by atoms with E-state index in [1.54, 1.807) is 26.0 Å². The van der Waals surface area contributed by atoms with Crippen molar-refractivity contribution in [2.75, 3.05) is 21.1 Å². The van der Waals surface area contributed by atoms with Gasteiger partial charge in [0.05, 0.1) is 4.88 Å². The molecule has 0 saturated heterocycles. The van der Waals surface area contributed by atoms with Crippen LogP contribution in [0, 0.1) is 0 Å². The predicted molar refractivity (Wildman–Crippen MR) is 57.3 cm³/mol. The molecule has 1 aromatic rings. The van der Waals surface area contributed by atoms with Gasteiger partial charge in [-0.1, -0.05) is 0 Å². The Kier molecular flexibility index (Phi) is 4.28. The molecule has 1 N–H and O–H groups in total. The average Bonchev–Trinajstić information content (AvgIpc) is 2.46. The lowest BCUT2D eigenvalue weighted by molar-refractivity contribution is -0.141. The molecule has 0 spiro atoms. The van der Waals surface area contributed by atoms with Crippen molar-refractivity contribution < 1.29 is 13.2 Å². The first kappa shape index (κ1) is 13.4. The van der Waals surface area contributed by atoms with Gasteiger partial charge in [0.25, 0.3) is 0 Å². The maximum atomic E-state index is 12.6. The van der Waals surface area contributed by atoms with Gasteiger partial charge in [0.1, 0.15) is 5.01 Å². The lowest BCUT2D eigenvalue weighted by atomic mass is 10.3. The summed E-state index contributed by atoms with van der Waals surface area (Å²) in [6.07, 6.45) is -4.37. The fourth-order valence-electron chi connectivity index (χ4n) is 1.24. The van der Waals surface area contributed by atoms with Crippen molar-refractivity contribution in [3.63, 3.8) is 0 Å². The van der Waals surface area contributed by atoms with Gasteiger partial charge in [-0.15, -0.1) is 11.3 Å². The number of aromatic nitrogens is 1. The van der Waals surface area contributed by atoms with Gasteiger partial charge in [-0.25, -0.2) is 4.98 Å². The van der Waals surface area contributed by atoms with Crippen molar-refractivity contribution in [3.8, 4) is 0 Å². The molecule has 0 fully saturated rings. The van der Waals surface area contributed by atoms with Gasteiger partial charge in [0, 0.05) is 13.1 Å². The predicted octanol–water partition coefficient (Wildman–Crippen LogP) is 1.94. The summed E-state index contributed by atoms with van der Waals surface area (Å²) in [4.78, 5) is 5.69. The highest BCUT2D eigenvalue weighted by Crippen LogP contribution is 2.34. The Labute approximate surface area is 96.3 Å². The van der Waals surface area contributed by atoms with Crippen molar-refractivity contribution in [3.05, 3.63) is 15.6 Å². The summed E-state index contributed by atoms with van der Waals surface area (Å²) in [6.45, 7) is 0.622. The maximum absolute atomic E-state index is 12.6. The topological polar surface area (TPSA) is 28.2 Å². The summed E-state index contributed by atoms with van der Waals surface area (Å²) in [5.41, 5.74) is -0.760. The second-order valence-electron chi connectivity index (χ2n) is 3.65. The zero-order valence-corrected chi connectivity index (χ0v) is 10.2. The summed E-state index contributed by atoms with van der Waals surface area (Å²) in [6, 6.07) is 0. The highest BCUT2D eigenvalue weighted by molar-refractivity contribution is 7.11. The lowest BCUT2D eigenvalue weighted by Crippen LogP contribution is -2.13. The SMILES string of the molecule is CNCc1sc(CN(C)C)nc1C(F)(F)F. The summed E-state index contributed by atoms with van der Waals surface area (Å²) in [5, 5.41) is 3.21. The van der Waals surface area contributed by atoms with Gasteiger partial charge in [-0.05, 0) is 21.1 Å².